The van der Waals surface area contributed by atoms with Gasteiger partial charge in [0.1, 0.15) is 23.2 Å². The number of rotatable bonds is 6. The molecule has 0 saturated carbocycles. The molecule has 0 radical (unpaired) electrons. The van der Waals surface area contributed by atoms with E-state index >= 15 is 0 Å². The monoisotopic (exact) mass is 480 g/mol. The molecule has 0 fully saturated rings. The summed E-state index contributed by atoms with van der Waals surface area (Å²) in [5.41, 5.74) is 0.966. The number of halogens is 2. The highest BCUT2D eigenvalue weighted by Gasteiger charge is 2.45. The number of methoxy groups -OCH3 is 1. The quantitative estimate of drug-likeness (QED) is 0.385. The van der Waals surface area contributed by atoms with Crippen LogP contribution in [0.5, 0.6) is 5.75 Å². The molecule has 0 spiro atoms. The van der Waals surface area contributed by atoms with E-state index in [0.717, 1.165) is 11.7 Å². The van der Waals surface area contributed by atoms with Crippen molar-refractivity contribution in [3.05, 3.63) is 121 Å². The van der Waals surface area contributed by atoms with Crippen molar-refractivity contribution in [2.24, 2.45) is 0 Å². The molecule has 1 nitrogen and oxygen atoms in total. The van der Waals surface area contributed by atoms with Gasteiger partial charge >= 0.3 is 0 Å². The van der Waals surface area contributed by atoms with E-state index in [0.29, 0.717) is 0 Å². The lowest BCUT2D eigenvalue weighted by atomic mass is 10.2. The molecule has 0 atom stereocenters. The van der Waals surface area contributed by atoms with E-state index in [4.69, 9.17) is 4.74 Å². The third kappa shape index (κ3) is 4.33. The van der Waals surface area contributed by atoms with Crippen LogP contribution in [-0.2, 0) is 6.16 Å². The van der Waals surface area contributed by atoms with Crippen LogP contribution >= 0.6 is 7.26 Å². The smallest absolute Gasteiger partial charge is 0.165 e. The van der Waals surface area contributed by atoms with Gasteiger partial charge < -0.3 is 21.7 Å². The molecule has 0 aliphatic heterocycles. The van der Waals surface area contributed by atoms with Crippen LogP contribution in [0.15, 0.2) is 109 Å². The summed E-state index contributed by atoms with van der Waals surface area (Å²) in [5, 5.41) is 3.86. The molecule has 4 aromatic rings. The average Bonchev–Trinajstić information content (AvgIpc) is 2.79. The summed E-state index contributed by atoms with van der Waals surface area (Å²) in [6, 6.07) is 37.2. The lowest BCUT2D eigenvalue weighted by Gasteiger charge is -2.28. The van der Waals surface area contributed by atoms with Crippen molar-refractivity contribution in [3.8, 4) is 5.75 Å². The molecule has 0 aliphatic rings. The first-order valence-corrected chi connectivity index (χ1v) is 11.6. The summed E-state index contributed by atoms with van der Waals surface area (Å²) in [6.07, 6.45) is 0.742. The van der Waals surface area contributed by atoms with Crippen LogP contribution in [0.3, 0.4) is 0 Å². The van der Waals surface area contributed by atoms with Gasteiger partial charge in [0.15, 0.2) is 11.6 Å². The molecule has 152 valence electrons. The molecule has 0 saturated heterocycles. The summed E-state index contributed by atoms with van der Waals surface area (Å²) in [6.45, 7) is 0. The van der Waals surface area contributed by atoms with Crippen LogP contribution in [0.1, 0.15) is 5.56 Å². The summed E-state index contributed by atoms with van der Waals surface area (Å²) in [7, 11) is -0.533. The second-order valence-electron chi connectivity index (χ2n) is 6.94. The van der Waals surface area contributed by atoms with E-state index in [9.17, 15) is 4.39 Å². The number of benzene rings is 4. The van der Waals surface area contributed by atoms with Crippen molar-refractivity contribution in [1.82, 2.24) is 0 Å². The number of ether oxygens (including phenoxy) is 1. The van der Waals surface area contributed by atoms with Gasteiger partial charge in [0.25, 0.3) is 0 Å². The zero-order chi connectivity index (χ0) is 20.1. The summed E-state index contributed by atoms with van der Waals surface area (Å²) < 4.78 is 19.6. The van der Waals surface area contributed by atoms with Crippen LogP contribution in [-0.4, -0.2) is 7.11 Å². The van der Waals surface area contributed by atoms with Crippen molar-refractivity contribution < 1.29 is 26.1 Å². The molecule has 4 aromatic carbocycles. The molecule has 0 aromatic heterocycles. The van der Waals surface area contributed by atoms with Crippen molar-refractivity contribution in [2.75, 3.05) is 7.11 Å². The summed E-state index contributed by atoms with van der Waals surface area (Å²) >= 11 is 0. The molecular weight excluding hydrogens is 458 g/mol. The molecule has 30 heavy (non-hydrogen) atoms. The largest absolute Gasteiger partial charge is 1.00 e. The zero-order valence-electron chi connectivity index (χ0n) is 16.7. The third-order valence-electron chi connectivity index (χ3n) is 5.23. The predicted molar refractivity (Wildman–Crippen MR) is 122 cm³/mol. The average molecular weight is 481 g/mol. The van der Waals surface area contributed by atoms with Crippen LogP contribution < -0.4 is 37.6 Å². The fourth-order valence-electron chi connectivity index (χ4n) is 3.85. The SMILES string of the molecule is COc1ccc(C[P+](c2ccccc2)(c2ccccc2)c2ccccc2)cc1F.[Br-]. The maximum Gasteiger partial charge on any atom is 0.165 e. The maximum absolute atomic E-state index is 14.5. The minimum atomic E-state index is -2.03. The topological polar surface area (TPSA) is 9.23 Å². The fourth-order valence-corrected chi connectivity index (χ4v) is 8.08. The highest BCUT2D eigenvalue weighted by molar-refractivity contribution is 7.95. The lowest BCUT2D eigenvalue weighted by Crippen LogP contribution is -3.00. The van der Waals surface area contributed by atoms with Crippen molar-refractivity contribution in [1.29, 1.82) is 0 Å². The van der Waals surface area contributed by atoms with E-state index in [1.807, 2.05) is 24.3 Å². The Morgan fingerprint density at radius 2 is 1.10 bits per heavy atom. The molecule has 4 heteroatoms. The van der Waals surface area contributed by atoms with Gasteiger partial charge in [-0.1, -0.05) is 60.7 Å². The van der Waals surface area contributed by atoms with Crippen molar-refractivity contribution in [2.45, 2.75) is 6.16 Å². The Balaban J connectivity index is 0.00000256. The molecule has 0 amide bonds. The Morgan fingerprint density at radius 1 is 0.667 bits per heavy atom. The zero-order valence-corrected chi connectivity index (χ0v) is 19.2. The van der Waals surface area contributed by atoms with E-state index in [2.05, 4.69) is 72.8 Å². The molecule has 4 rings (SSSR count). The molecule has 0 N–H and O–H groups in total. The van der Waals surface area contributed by atoms with E-state index in [1.54, 1.807) is 12.1 Å². The normalized spacial score (nSPS) is 10.9. The van der Waals surface area contributed by atoms with E-state index in [-0.39, 0.29) is 28.5 Å². The Morgan fingerprint density at radius 3 is 1.47 bits per heavy atom. The highest BCUT2D eigenvalue weighted by atomic mass is 79.9. The van der Waals surface area contributed by atoms with Crippen molar-refractivity contribution >= 4 is 23.2 Å². The Hall–Kier alpha value is -2.48. The minimum absolute atomic E-state index is 0. The van der Waals surface area contributed by atoms with Gasteiger partial charge in [0.2, 0.25) is 0 Å². The van der Waals surface area contributed by atoms with Crippen LogP contribution in [0.25, 0.3) is 0 Å². The first kappa shape index (κ1) is 22.2. The minimum Gasteiger partial charge on any atom is -1.00 e. The van der Waals surface area contributed by atoms with Crippen LogP contribution in [0.2, 0.25) is 0 Å². The van der Waals surface area contributed by atoms with E-state index < -0.39 is 7.26 Å². The first-order valence-electron chi connectivity index (χ1n) is 9.61. The van der Waals surface area contributed by atoms with Crippen LogP contribution in [0.4, 0.5) is 4.39 Å². The third-order valence-corrected chi connectivity index (χ3v) is 9.61. The van der Waals surface area contributed by atoms with Gasteiger partial charge in [0, 0.05) is 0 Å². The van der Waals surface area contributed by atoms with Gasteiger partial charge in [-0.25, -0.2) is 4.39 Å². The van der Waals surface area contributed by atoms with Gasteiger partial charge in [0.05, 0.1) is 13.3 Å². The van der Waals surface area contributed by atoms with Crippen LogP contribution in [0, 0.1) is 5.82 Å². The molecule has 0 unspecified atom stereocenters. The fraction of sp³-hybridized carbons (Fsp3) is 0.0769. The van der Waals surface area contributed by atoms with Gasteiger partial charge in [-0.3, -0.25) is 0 Å². The Bertz CT molecular complexity index is 975. The Kier molecular flexibility index (Phi) is 7.42. The standard InChI is InChI=1S/C26H23FOP.BrH/c1-28-26-18-17-21(19-25(26)27)20-29(22-11-5-2-6-12-22,23-13-7-3-8-14-23)24-15-9-4-10-16-24;/h2-19H,20H2,1H3;1H/q+1;/p-1. The second-order valence-corrected chi connectivity index (χ2v) is 10.4. The summed E-state index contributed by atoms with van der Waals surface area (Å²) in [5.74, 6) is -0.0471. The number of hydrogen-bond acceptors (Lipinski definition) is 1. The summed E-state index contributed by atoms with van der Waals surface area (Å²) in [4.78, 5) is 0. The van der Waals surface area contributed by atoms with Gasteiger partial charge in [-0.05, 0) is 54.1 Å². The first-order chi connectivity index (χ1) is 14.2. The Labute approximate surface area is 188 Å². The van der Waals surface area contributed by atoms with E-state index in [1.165, 1.54) is 23.0 Å². The maximum atomic E-state index is 14.5. The highest BCUT2D eigenvalue weighted by Crippen LogP contribution is 2.58. The van der Waals surface area contributed by atoms with Gasteiger partial charge in [-0.15, -0.1) is 0 Å². The predicted octanol–water partition coefficient (Wildman–Crippen LogP) is 2.33. The van der Waals surface area contributed by atoms with Gasteiger partial charge in [-0.2, -0.15) is 0 Å². The lowest BCUT2D eigenvalue weighted by molar-refractivity contribution is -0.00000647. The molecule has 0 bridgehead atoms. The second kappa shape index (κ2) is 10.0. The molecule has 0 heterocycles. The molecular formula is C26H23BrFOP. The molecule has 0 aliphatic carbocycles. The number of hydrogen-bond donors (Lipinski definition) is 0. The van der Waals surface area contributed by atoms with Crippen molar-refractivity contribution in [3.63, 3.8) is 0 Å².